The molecular formula is C27H21N5O5S. The van der Waals surface area contributed by atoms with Gasteiger partial charge in [0.15, 0.2) is 0 Å². The van der Waals surface area contributed by atoms with E-state index in [4.69, 9.17) is 9.47 Å². The largest absolute Gasteiger partial charge is 0.494 e. The molecule has 10 nitrogen and oxygen atoms in total. The fourth-order valence-corrected chi connectivity index (χ4v) is 4.89. The molecule has 0 saturated carbocycles. The van der Waals surface area contributed by atoms with Crippen LogP contribution in [0.2, 0.25) is 0 Å². The number of amides is 1. The van der Waals surface area contributed by atoms with E-state index in [2.05, 4.69) is 20.6 Å². The van der Waals surface area contributed by atoms with Crippen molar-refractivity contribution in [2.24, 2.45) is 0 Å². The number of hydrogen-bond acceptors (Lipinski definition) is 9. The van der Waals surface area contributed by atoms with Gasteiger partial charge in [-0.25, -0.2) is 9.97 Å². The molecule has 5 rings (SSSR count). The second kappa shape index (κ2) is 10.5. The Labute approximate surface area is 221 Å². The number of nitro groups is 1. The van der Waals surface area contributed by atoms with Gasteiger partial charge in [-0.05, 0) is 17.7 Å². The van der Waals surface area contributed by atoms with Crippen LogP contribution >= 0.6 is 11.3 Å². The van der Waals surface area contributed by atoms with Crippen LogP contribution in [0.1, 0.15) is 10.4 Å². The molecule has 2 N–H and O–H groups in total. The van der Waals surface area contributed by atoms with Crippen molar-refractivity contribution in [1.82, 2.24) is 9.97 Å². The summed E-state index contributed by atoms with van der Waals surface area (Å²) >= 11 is 1.41. The fraction of sp³-hybridized carbons (Fsp3) is 0.0741. The van der Waals surface area contributed by atoms with Crippen molar-refractivity contribution in [3.63, 3.8) is 0 Å². The second-order valence-corrected chi connectivity index (χ2v) is 8.92. The molecule has 0 aliphatic carbocycles. The number of hydrogen-bond donors (Lipinski definition) is 2. The Bertz CT molecular complexity index is 1660. The van der Waals surface area contributed by atoms with E-state index in [1.54, 1.807) is 48.5 Å². The summed E-state index contributed by atoms with van der Waals surface area (Å²) in [4.78, 5) is 33.1. The number of non-ortho nitro benzene ring substituents is 1. The first-order chi connectivity index (χ1) is 18.5. The standard InChI is InChI=1S/C27H21N5O5S/c1-36-22-13-21(31-26(33)16-7-4-3-5-8-16)23(37-2)12-20(22)30-25-24-19(14-38-27(24)29-15-28-25)17-9-6-10-18(11-17)32(34)35/h3-15H,1-2H3,(H,31,33)(H,28,29,30). The van der Waals surface area contributed by atoms with Gasteiger partial charge in [0, 0.05) is 40.8 Å². The van der Waals surface area contributed by atoms with Crippen LogP contribution in [-0.4, -0.2) is 35.0 Å². The van der Waals surface area contributed by atoms with Crippen LogP contribution in [0.15, 0.2) is 78.4 Å². The molecular weight excluding hydrogens is 506 g/mol. The molecule has 0 saturated heterocycles. The Morgan fingerprint density at radius 1 is 0.947 bits per heavy atom. The molecule has 38 heavy (non-hydrogen) atoms. The van der Waals surface area contributed by atoms with Gasteiger partial charge in [0.1, 0.15) is 28.5 Å². The number of nitrogens with one attached hydrogen (secondary N) is 2. The van der Waals surface area contributed by atoms with Gasteiger partial charge in [0.05, 0.1) is 35.9 Å². The minimum absolute atomic E-state index is 0.00671. The van der Waals surface area contributed by atoms with Gasteiger partial charge >= 0.3 is 0 Å². The molecule has 0 fully saturated rings. The Kier molecular flexibility index (Phi) is 6.83. The molecule has 0 radical (unpaired) electrons. The van der Waals surface area contributed by atoms with Crippen molar-refractivity contribution >= 4 is 50.3 Å². The number of carbonyl (C=O) groups is 1. The maximum Gasteiger partial charge on any atom is 0.270 e. The third-order valence-corrected chi connectivity index (χ3v) is 6.68. The lowest BCUT2D eigenvalue weighted by Gasteiger charge is -2.17. The predicted molar refractivity (Wildman–Crippen MR) is 147 cm³/mol. The van der Waals surface area contributed by atoms with E-state index in [9.17, 15) is 14.9 Å². The first-order valence-corrected chi connectivity index (χ1v) is 12.2. The van der Waals surface area contributed by atoms with Crippen molar-refractivity contribution in [3.8, 4) is 22.6 Å². The molecule has 0 spiro atoms. The third kappa shape index (κ3) is 4.82. The maximum absolute atomic E-state index is 12.7. The number of nitrogens with zero attached hydrogens (tertiary/aromatic N) is 3. The highest BCUT2D eigenvalue weighted by Crippen LogP contribution is 2.42. The normalized spacial score (nSPS) is 10.7. The lowest BCUT2D eigenvalue weighted by atomic mass is 10.1. The highest BCUT2D eigenvalue weighted by molar-refractivity contribution is 7.17. The average molecular weight is 528 g/mol. The molecule has 5 aromatic rings. The molecule has 0 unspecified atom stereocenters. The Hall–Kier alpha value is -5.03. The molecule has 190 valence electrons. The van der Waals surface area contributed by atoms with Crippen molar-refractivity contribution in [2.75, 3.05) is 24.9 Å². The second-order valence-electron chi connectivity index (χ2n) is 8.06. The van der Waals surface area contributed by atoms with Crippen LogP contribution in [0, 0.1) is 10.1 Å². The van der Waals surface area contributed by atoms with Gasteiger partial charge in [-0.2, -0.15) is 0 Å². The number of nitro benzene ring substituents is 1. The number of rotatable bonds is 8. The van der Waals surface area contributed by atoms with Crippen LogP contribution in [0.4, 0.5) is 22.9 Å². The molecule has 3 aromatic carbocycles. The number of aromatic nitrogens is 2. The molecule has 0 atom stereocenters. The summed E-state index contributed by atoms with van der Waals surface area (Å²) in [5.74, 6) is 1.04. The monoisotopic (exact) mass is 527 g/mol. The van der Waals surface area contributed by atoms with Gasteiger partial charge in [-0.1, -0.05) is 30.3 Å². The third-order valence-electron chi connectivity index (χ3n) is 5.80. The summed E-state index contributed by atoms with van der Waals surface area (Å²) in [5, 5.41) is 20.1. The van der Waals surface area contributed by atoms with Gasteiger partial charge in [0.2, 0.25) is 0 Å². The van der Waals surface area contributed by atoms with Crippen molar-refractivity contribution in [1.29, 1.82) is 0 Å². The summed E-state index contributed by atoms with van der Waals surface area (Å²) < 4.78 is 11.2. The van der Waals surface area contributed by atoms with E-state index in [1.807, 2.05) is 11.4 Å². The highest BCUT2D eigenvalue weighted by atomic mass is 32.1. The summed E-state index contributed by atoms with van der Waals surface area (Å²) in [6, 6.07) is 18.6. The highest BCUT2D eigenvalue weighted by Gasteiger charge is 2.19. The molecule has 2 heterocycles. The molecule has 2 aromatic heterocycles. The molecule has 0 aliphatic heterocycles. The average Bonchev–Trinajstić information content (AvgIpc) is 3.39. The predicted octanol–water partition coefficient (Wildman–Crippen LogP) is 6.28. The van der Waals surface area contributed by atoms with Crippen LogP contribution < -0.4 is 20.1 Å². The SMILES string of the molecule is COc1cc(Nc2ncnc3scc(-c4cccc([N+](=O)[O-])c4)c23)c(OC)cc1NC(=O)c1ccccc1. The van der Waals surface area contributed by atoms with E-state index in [1.165, 1.54) is 44.0 Å². The smallest absolute Gasteiger partial charge is 0.270 e. The Morgan fingerprint density at radius 2 is 1.68 bits per heavy atom. The minimum atomic E-state index is -0.428. The van der Waals surface area contributed by atoms with Crippen molar-refractivity contribution in [3.05, 3.63) is 94.1 Å². The topological polar surface area (TPSA) is 129 Å². The van der Waals surface area contributed by atoms with E-state index >= 15 is 0 Å². The maximum atomic E-state index is 12.7. The zero-order chi connectivity index (χ0) is 26.6. The zero-order valence-electron chi connectivity index (χ0n) is 20.3. The lowest BCUT2D eigenvalue weighted by Crippen LogP contribution is -2.13. The quantitative estimate of drug-likeness (QED) is 0.178. The number of thiophene rings is 1. The number of fused-ring (bicyclic) bond motifs is 1. The Balaban J connectivity index is 1.53. The molecule has 0 aliphatic rings. The van der Waals surface area contributed by atoms with E-state index in [0.29, 0.717) is 50.0 Å². The molecule has 0 bridgehead atoms. The van der Waals surface area contributed by atoms with Crippen molar-refractivity contribution < 1.29 is 19.2 Å². The van der Waals surface area contributed by atoms with Gasteiger partial charge in [-0.3, -0.25) is 14.9 Å². The summed E-state index contributed by atoms with van der Waals surface area (Å²) in [6.45, 7) is 0. The lowest BCUT2D eigenvalue weighted by molar-refractivity contribution is -0.384. The van der Waals surface area contributed by atoms with Gasteiger partial charge in [0.25, 0.3) is 11.6 Å². The first kappa shape index (κ1) is 24.7. The van der Waals surface area contributed by atoms with Crippen LogP contribution in [0.25, 0.3) is 21.3 Å². The summed E-state index contributed by atoms with van der Waals surface area (Å²) in [7, 11) is 3.02. The number of carbonyl (C=O) groups excluding carboxylic acids is 1. The number of benzene rings is 3. The van der Waals surface area contributed by atoms with Gasteiger partial charge in [-0.15, -0.1) is 11.3 Å². The molecule has 1 amide bonds. The summed E-state index contributed by atoms with van der Waals surface area (Å²) in [5.41, 5.74) is 2.90. The van der Waals surface area contributed by atoms with Crippen LogP contribution in [-0.2, 0) is 0 Å². The summed E-state index contributed by atoms with van der Waals surface area (Å²) in [6.07, 6.45) is 1.44. The Morgan fingerprint density at radius 3 is 2.42 bits per heavy atom. The van der Waals surface area contributed by atoms with E-state index < -0.39 is 4.92 Å². The zero-order valence-corrected chi connectivity index (χ0v) is 21.1. The van der Waals surface area contributed by atoms with Gasteiger partial charge < -0.3 is 20.1 Å². The van der Waals surface area contributed by atoms with Crippen LogP contribution in [0.3, 0.4) is 0 Å². The number of ether oxygens (including phenoxy) is 2. The fourth-order valence-electron chi connectivity index (χ4n) is 3.97. The van der Waals surface area contributed by atoms with Crippen LogP contribution in [0.5, 0.6) is 11.5 Å². The first-order valence-electron chi connectivity index (χ1n) is 11.3. The van der Waals surface area contributed by atoms with E-state index in [-0.39, 0.29) is 11.6 Å². The number of methoxy groups -OCH3 is 2. The van der Waals surface area contributed by atoms with Crippen molar-refractivity contribution in [2.45, 2.75) is 0 Å². The molecule has 11 heteroatoms. The minimum Gasteiger partial charge on any atom is -0.494 e. The van der Waals surface area contributed by atoms with E-state index in [0.717, 1.165) is 5.56 Å². The number of anilines is 3.